The van der Waals surface area contributed by atoms with Gasteiger partial charge in [0.1, 0.15) is 5.54 Å². The molecular formula is C27H25NO. The van der Waals surface area contributed by atoms with E-state index in [1.165, 1.54) is 11.1 Å². The van der Waals surface area contributed by atoms with Crippen LogP contribution in [0.2, 0.25) is 0 Å². The highest BCUT2D eigenvalue weighted by Crippen LogP contribution is 2.60. The molecule has 2 nitrogen and oxygen atoms in total. The van der Waals surface area contributed by atoms with Crippen molar-refractivity contribution in [2.24, 2.45) is 0 Å². The van der Waals surface area contributed by atoms with Gasteiger partial charge in [0.05, 0.1) is 6.04 Å². The molecule has 0 amide bonds. The number of rotatable bonds is 4. The van der Waals surface area contributed by atoms with Crippen LogP contribution in [-0.4, -0.2) is 16.2 Å². The van der Waals surface area contributed by atoms with Crippen molar-refractivity contribution in [2.75, 3.05) is 0 Å². The molecule has 1 saturated carbocycles. The summed E-state index contributed by atoms with van der Waals surface area (Å²) in [6.45, 7) is 0.810. The Kier molecular flexibility index (Phi) is 4.65. The maximum absolute atomic E-state index is 13.8. The number of hydrogen-bond donors (Lipinski definition) is 0. The fourth-order valence-corrected chi connectivity index (χ4v) is 4.97. The highest BCUT2D eigenvalue weighted by molar-refractivity contribution is 6.09. The second kappa shape index (κ2) is 7.46. The van der Waals surface area contributed by atoms with Gasteiger partial charge in [-0.05, 0) is 47.6 Å². The van der Waals surface area contributed by atoms with Crippen LogP contribution in [0.15, 0.2) is 96.6 Å². The Morgan fingerprint density at radius 2 is 1.48 bits per heavy atom. The molecule has 0 aromatic heterocycles. The lowest BCUT2D eigenvalue weighted by molar-refractivity contribution is -0.120. The van der Waals surface area contributed by atoms with E-state index in [1.54, 1.807) is 0 Å². The van der Waals surface area contributed by atoms with Crippen molar-refractivity contribution in [3.05, 3.63) is 113 Å². The molecule has 1 saturated heterocycles. The lowest BCUT2D eigenvalue weighted by Gasteiger charge is -2.24. The van der Waals surface area contributed by atoms with Gasteiger partial charge in [0.25, 0.3) is 0 Å². The minimum atomic E-state index is -0.393. The first kappa shape index (κ1) is 18.1. The Labute approximate surface area is 172 Å². The average Bonchev–Trinajstić information content (AvgIpc) is 3.40. The van der Waals surface area contributed by atoms with Crippen LogP contribution < -0.4 is 0 Å². The zero-order valence-electron chi connectivity index (χ0n) is 16.5. The van der Waals surface area contributed by atoms with Gasteiger partial charge in [0.15, 0.2) is 5.78 Å². The summed E-state index contributed by atoms with van der Waals surface area (Å²) in [5, 5.41) is 0. The summed E-state index contributed by atoms with van der Waals surface area (Å²) in [6.07, 6.45) is 4.96. The number of carbonyl (C=O) groups excluding carboxylic acids is 1. The second-order valence-corrected chi connectivity index (χ2v) is 8.11. The standard InChI is InChI=1S/C27H25NO/c29-26-24(19-21-11-4-1-5-12-21)17-10-18-27(26)25(23-15-8-3-9-16-23)28(27)20-22-13-6-2-7-14-22/h1-9,11-16,19,25H,10,17-18,20H2/b24-19+. The predicted octanol–water partition coefficient (Wildman–Crippen LogP) is 5.82. The van der Waals surface area contributed by atoms with Gasteiger partial charge in [-0.15, -0.1) is 0 Å². The largest absolute Gasteiger partial charge is 0.292 e. The lowest BCUT2D eigenvalue weighted by Crippen LogP contribution is -2.34. The van der Waals surface area contributed by atoms with Crippen LogP contribution in [-0.2, 0) is 11.3 Å². The van der Waals surface area contributed by atoms with Crippen LogP contribution in [0.1, 0.15) is 42.0 Å². The summed E-state index contributed by atoms with van der Waals surface area (Å²) in [6, 6.07) is 31.4. The first-order valence-electron chi connectivity index (χ1n) is 10.4. The summed E-state index contributed by atoms with van der Waals surface area (Å²) >= 11 is 0. The smallest absolute Gasteiger partial charge is 0.181 e. The van der Waals surface area contributed by atoms with Crippen molar-refractivity contribution in [3.63, 3.8) is 0 Å². The molecule has 1 aliphatic heterocycles. The topological polar surface area (TPSA) is 20.1 Å². The van der Waals surface area contributed by atoms with E-state index in [-0.39, 0.29) is 6.04 Å². The molecule has 0 N–H and O–H groups in total. The van der Waals surface area contributed by atoms with E-state index in [0.29, 0.717) is 5.78 Å². The van der Waals surface area contributed by atoms with E-state index < -0.39 is 5.54 Å². The summed E-state index contributed by atoms with van der Waals surface area (Å²) in [4.78, 5) is 16.2. The lowest BCUT2D eigenvalue weighted by atomic mass is 9.79. The molecule has 5 rings (SSSR count). The molecular weight excluding hydrogens is 354 g/mol. The molecule has 2 heteroatoms. The summed E-state index contributed by atoms with van der Waals surface area (Å²) in [5.41, 5.74) is 4.20. The van der Waals surface area contributed by atoms with Crippen molar-refractivity contribution in [1.29, 1.82) is 0 Å². The Hall–Kier alpha value is -2.97. The molecule has 3 aromatic carbocycles. The van der Waals surface area contributed by atoms with E-state index in [0.717, 1.165) is 36.9 Å². The molecule has 2 aliphatic rings. The molecule has 29 heavy (non-hydrogen) atoms. The van der Waals surface area contributed by atoms with Crippen LogP contribution in [0.4, 0.5) is 0 Å². The van der Waals surface area contributed by atoms with Gasteiger partial charge >= 0.3 is 0 Å². The first-order valence-corrected chi connectivity index (χ1v) is 10.4. The van der Waals surface area contributed by atoms with Crippen molar-refractivity contribution in [2.45, 2.75) is 37.4 Å². The van der Waals surface area contributed by atoms with E-state index in [4.69, 9.17) is 0 Å². The van der Waals surface area contributed by atoms with Crippen molar-refractivity contribution >= 4 is 11.9 Å². The van der Waals surface area contributed by atoms with Gasteiger partial charge in [-0.1, -0.05) is 91.0 Å². The third-order valence-corrected chi connectivity index (χ3v) is 6.35. The summed E-state index contributed by atoms with van der Waals surface area (Å²) in [7, 11) is 0. The van der Waals surface area contributed by atoms with E-state index >= 15 is 0 Å². The van der Waals surface area contributed by atoms with Crippen LogP contribution in [0, 0.1) is 0 Å². The van der Waals surface area contributed by atoms with Crippen molar-refractivity contribution in [1.82, 2.24) is 4.90 Å². The molecule has 3 aromatic rings. The van der Waals surface area contributed by atoms with Gasteiger partial charge in [0, 0.05) is 6.54 Å². The van der Waals surface area contributed by atoms with Gasteiger partial charge in [-0.25, -0.2) is 0 Å². The van der Waals surface area contributed by atoms with Crippen LogP contribution in [0.3, 0.4) is 0 Å². The quantitative estimate of drug-likeness (QED) is 0.420. The predicted molar refractivity (Wildman–Crippen MR) is 117 cm³/mol. The fraction of sp³-hybridized carbons (Fsp3) is 0.222. The number of ketones is 1. The Balaban J connectivity index is 1.51. The molecule has 2 fully saturated rings. The third kappa shape index (κ3) is 3.24. The highest BCUT2D eigenvalue weighted by atomic mass is 16.1. The van der Waals surface area contributed by atoms with Crippen LogP contribution in [0.5, 0.6) is 0 Å². The van der Waals surface area contributed by atoms with Gasteiger partial charge in [0.2, 0.25) is 0 Å². The Morgan fingerprint density at radius 1 is 0.862 bits per heavy atom. The monoisotopic (exact) mass is 379 g/mol. The van der Waals surface area contributed by atoms with Crippen LogP contribution in [0.25, 0.3) is 6.08 Å². The average molecular weight is 380 g/mol. The maximum Gasteiger partial charge on any atom is 0.181 e. The zero-order valence-corrected chi connectivity index (χ0v) is 16.5. The molecule has 3 unspecified atom stereocenters. The molecule has 0 radical (unpaired) electrons. The van der Waals surface area contributed by atoms with Gasteiger partial charge in [-0.2, -0.15) is 0 Å². The minimum Gasteiger partial charge on any atom is -0.292 e. The van der Waals surface area contributed by atoms with E-state index in [1.807, 2.05) is 30.3 Å². The number of hydrogen-bond acceptors (Lipinski definition) is 2. The third-order valence-electron chi connectivity index (χ3n) is 6.35. The summed E-state index contributed by atoms with van der Waals surface area (Å²) < 4.78 is 0. The summed E-state index contributed by atoms with van der Waals surface area (Å²) in [5.74, 6) is 0.317. The maximum atomic E-state index is 13.8. The van der Waals surface area contributed by atoms with E-state index in [2.05, 4.69) is 71.6 Å². The molecule has 1 aliphatic carbocycles. The number of benzene rings is 3. The number of carbonyl (C=O) groups is 1. The molecule has 144 valence electrons. The molecule has 0 bridgehead atoms. The Morgan fingerprint density at radius 3 is 2.17 bits per heavy atom. The van der Waals surface area contributed by atoms with Gasteiger partial charge < -0.3 is 0 Å². The number of nitrogens with zero attached hydrogens (tertiary/aromatic N) is 1. The molecule has 1 heterocycles. The second-order valence-electron chi connectivity index (χ2n) is 8.11. The SMILES string of the molecule is O=C1/C(=C/c2ccccc2)CCCC12C(c1ccccc1)N2Cc1ccccc1. The Bertz CT molecular complexity index is 1030. The zero-order chi connectivity index (χ0) is 19.7. The van der Waals surface area contributed by atoms with E-state index in [9.17, 15) is 4.79 Å². The highest BCUT2D eigenvalue weighted by Gasteiger charge is 2.68. The van der Waals surface area contributed by atoms with Gasteiger partial charge in [-0.3, -0.25) is 9.69 Å². The van der Waals surface area contributed by atoms with Crippen molar-refractivity contribution in [3.8, 4) is 0 Å². The molecule has 3 atom stereocenters. The molecule has 1 spiro atoms. The first-order chi connectivity index (χ1) is 14.3. The number of Topliss-reactive ketones (excluding diaryl/α,β-unsaturated/α-hetero) is 1. The fourth-order valence-electron chi connectivity index (χ4n) is 4.97. The normalized spacial score (nSPS) is 27.3. The minimum absolute atomic E-state index is 0.163. The van der Waals surface area contributed by atoms with Crippen molar-refractivity contribution < 1.29 is 4.79 Å². The van der Waals surface area contributed by atoms with Crippen LogP contribution >= 0.6 is 0 Å².